The molecule has 114 valence electrons. The van der Waals surface area contributed by atoms with Crippen molar-refractivity contribution in [1.29, 1.82) is 0 Å². The number of rotatable bonds is 5. The van der Waals surface area contributed by atoms with E-state index in [0.29, 0.717) is 0 Å². The number of hydrogen-bond acceptors (Lipinski definition) is 3. The molecule has 0 amide bonds. The summed E-state index contributed by atoms with van der Waals surface area (Å²) in [5, 5.41) is 9.37. The zero-order chi connectivity index (χ0) is 15.5. The number of phenolic OH excluding ortho intramolecular Hbond substituents is 1. The maximum absolute atomic E-state index is 9.37. The molecule has 1 aromatic carbocycles. The van der Waals surface area contributed by atoms with Gasteiger partial charge in [0.25, 0.3) is 0 Å². The number of fused-ring (bicyclic) bond motifs is 1. The predicted molar refractivity (Wildman–Crippen MR) is 92.5 cm³/mol. The first-order valence-corrected chi connectivity index (χ1v) is 8.51. The second-order valence-corrected chi connectivity index (χ2v) is 7.00. The Balaban J connectivity index is 1.82. The molecule has 0 aliphatic carbocycles. The monoisotopic (exact) mass is 312 g/mol. The van der Waals surface area contributed by atoms with E-state index in [1.807, 2.05) is 30.1 Å². The number of imidazole rings is 1. The molecule has 0 saturated carbocycles. The van der Waals surface area contributed by atoms with Crippen LogP contribution in [0.1, 0.15) is 20.3 Å². The van der Waals surface area contributed by atoms with Gasteiger partial charge in [0.1, 0.15) is 11.4 Å². The molecule has 0 aliphatic rings. The first kappa shape index (κ1) is 15.0. The Bertz CT molecular complexity index is 762. The minimum absolute atomic E-state index is 0.274. The fourth-order valence-corrected chi connectivity index (χ4v) is 3.42. The zero-order valence-electron chi connectivity index (χ0n) is 12.9. The zero-order valence-corrected chi connectivity index (χ0v) is 13.7. The van der Waals surface area contributed by atoms with Gasteiger partial charge in [-0.25, -0.2) is 4.98 Å². The van der Waals surface area contributed by atoms with Crippen LogP contribution >= 0.6 is 11.8 Å². The maximum Gasteiger partial charge on any atom is 0.137 e. The Morgan fingerprint density at radius 3 is 2.59 bits per heavy atom. The van der Waals surface area contributed by atoms with Crippen molar-refractivity contribution in [3.63, 3.8) is 0 Å². The Morgan fingerprint density at radius 1 is 1.09 bits per heavy atom. The lowest BCUT2D eigenvalue weighted by Gasteiger charge is -2.04. The molecule has 0 spiro atoms. The molecule has 0 atom stereocenters. The molecule has 3 nitrogen and oxygen atoms in total. The van der Waals surface area contributed by atoms with Gasteiger partial charge in [-0.1, -0.05) is 13.8 Å². The van der Waals surface area contributed by atoms with Crippen LogP contribution < -0.4 is 0 Å². The van der Waals surface area contributed by atoms with E-state index in [-0.39, 0.29) is 5.75 Å². The summed E-state index contributed by atoms with van der Waals surface area (Å²) < 4.78 is 2.07. The van der Waals surface area contributed by atoms with Gasteiger partial charge in [-0.05, 0) is 54.5 Å². The second kappa shape index (κ2) is 6.44. The Labute approximate surface area is 135 Å². The third kappa shape index (κ3) is 3.45. The number of aromatic hydroxyl groups is 1. The third-order valence-electron chi connectivity index (χ3n) is 3.55. The predicted octanol–water partition coefficient (Wildman–Crippen LogP) is 4.85. The number of phenols is 1. The van der Waals surface area contributed by atoms with Gasteiger partial charge in [-0.15, -0.1) is 11.8 Å². The van der Waals surface area contributed by atoms with E-state index >= 15 is 0 Å². The minimum Gasteiger partial charge on any atom is -0.508 e. The van der Waals surface area contributed by atoms with Crippen LogP contribution in [0.4, 0.5) is 0 Å². The van der Waals surface area contributed by atoms with Crippen LogP contribution in [0.15, 0.2) is 53.7 Å². The van der Waals surface area contributed by atoms with Gasteiger partial charge in [0.15, 0.2) is 0 Å². The Hall–Kier alpha value is -1.94. The molecule has 3 rings (SSSR count). The Kier molecular flexibility index (Phi) is 4.39. The van der Waals surface area contributed by atoms with Crippen molar-refractivity contribution >= 4 is 17.4 Å². The highest BCUT2D eigenvalue weighted by Crippen LogP contribution is 2.25. The van der Waals surface area contributed by atoms with Crippen molar-refractivity contribution < 1.29 is 5.11 Å². The standard InChI is InChI=1S/C18H20N2OS/c1-13(2)9-10-22-16-7-8-18-19-17(12-20(18)11-16)14-3-5-15(21)6-4-14/h3-8,11-13,21H,9-10H2,1-2H3. The highest BCUT2D eigenvalue weighted by molar-refractivity contribution is 7.99. The number of aromatic nitrogens is 2. The SMILES string of the molecule is CC(C)CCSc1ccc2nc(-c3ccc(O)cc3)cn2c1. The van der Waals surface area contributed by atoms with E-state index in [0.717, 1.165) is 28.6 Å². The van der Waals surface area contributed by atoms with Crippen molar-refractivity contribution in [2.45, 2.75) is 25.2 Å². The van der Waals surface area contributed by atoms with Crippen LogP contribution in [-0.2, 0) is 0 Å². The molecule has 0 saturated heterocycles. The van der Waals surface area contributed by atoms with Crippen LogP contribution in [-0.4, -0.2) is 20.2 Å². The fraction of sp³-hybridized carbons (Fsp3) is 0.278. The van der Waals surface area contributed by atoms with Gasteiger partial charge in [-0.2, -0.15) is 0 Å². The highest BCUT2D eigenvalue weighted by Gasteiger charge is 2.05. The first-order chi connectivity index (χ1) is 10.6. The number of nitrogens with zero attached hydrogens (tertiary/aromatic N) is 2. The molecular weight excluding hydrogens is 292 g/mol. The van der Waals surface area contributed by atoms with Gasteiger partial charge in [-0.3, -0.25) is 0 Å². The van der Waals surface area contributed by atoms with Crippen LogP contribution in [0, 0.1) is 5.92 Å². The topological polar surface area (TPSA) is 37.5 Å². The Morgan fingerprint density at radius 2 is 1.86 bits per heavy atom. The van der Waals surface area contributed by atoms with Crippen LogP contribution in [0.25, 0.3) is 16.9 Å². The van der Waals surface area contributed by atoms with Gasteiger partial charge >= 0.3 is 0 Å². The lowest BCUT2D eigenvalue weighted by Crippen LogP contribution is -1.90. The van der Waals surface area contributed by atoms with Gasteiger partial charge in [0.2, 0.25) is 0 Å². The molecule has 2 aromatic heterocycles. The summed E-state index contributed by atoms with van der Waals surface area (Å²) in [5.74, 6) is 2.16. The molecule has 0 unspecified atom stereocenters. The molecule has 1 N–H and O–H groups in total. The van der Waals surface area contributed by atoms with E-state index in [2.05, 4.69) is 41.6 Å². The molecule has 0 aliphatic heterocycles. The molecule has 2 heterocycles. The third-order valence-corrected chi connectivity index (χ3v) is 4.57. The maximum atomic E-state index is 9.37. The van der Waals surface area contributed by atoms with Crippen molar-refractivity contribution in [3.8, 4) is 17.0 Å². The van der Waals surface area contributed by atoms with Crippen LogP contribution in [0.5, 0.6) is 5.75 Å². The van der Waals surface area contributed by atoms with Crippen molar-refractivity contribution in [1.82, 2.24) is 9.38 Å². The van der Waals surface area contributed by atoms with E-state index in [1.165, 1.54) is 11.3 Å². The highest BCUT2D eigenvalue weighted by atomic mass is 32.2. The van der Waals surface area contributed by atoms with Crippen molar-refractivity contribution in [2.24, 2.45) is 5.92 Å². The molecule has 0 radical (unpaired) electrons. The lowest BCUT2D eigenvalue weighted by molar-refractivity contribution is 0.475. The molecule has 0 fully saturated rings. The average molecular weight is 312 g/mol. The summed E-state index contributed by atoms with van der Waals surface area (Å²) in [6.07, 6.45) is 5.40. The molecule has 0 bridgehead atoms. The smallest absolute Gasteiger partial charge is 0.137 e. The quantitative estimate of drug-likeness (QED) is 0.685. The van der Waals surface area contributed by atoms with E-state index in [9.17, 15) is 5.11 Å². The summed E-state index contributed by atoms with van der Waals surface area (Å²) in [7, 11) is 0. The first-order valence-electron chi connectivity index (χ1n) is 7.53. The summed E-state index contributed by atoms with van der Waals surface area (Å²) in [6, 6.07) is 11.3. The largest absolute Gasteiger partial charge is 0.508 e. The summed E-state index contributed by atoms with van der Waals surface area (Å²) in [4.78, 5) is 5.90. The summed E-state index contributed by atoms with van der Waals surface area (Å²) in [6.45, 7) is 4.51. The van der Waals surface area contributed by atoms with Crippen LogP contribution in [0.3, 0.4) is 0 Å². The van der Waals surface area contributed by atoms with Crippen molar-refractivity contribution in [2.75, 3.05) is 5.75 Å². The second-order valence-electron chi connectivity index (χ2n) is 5.83. The molecule has 3 aromatic rings. The minimum atomic E-state index is 0.274. The van der Waals surface area contributed by atoms with Gasteiger partial charge < -0.3 is 9.51 Å². The van der Waals surface area contributed by atoms with E-state index < -0.39 is 0 Å². The number of thioether (sulfide) groups is 1. The number of hydrogen-bond donors (Lipinski definition) is 1. The normalized spacial score (nSPS) is 11.4. The molecule has 4 heteroatoms. The molecular formula is C18H20N2OS. The average Bonchev–Trinajstić information content (AvgIpc) is 2.90. The molecule has 22 heavy (non-hydrogen) atoms. The number of pyridine rings is 1. The van der Waals surface area contributed by atoms with Gasteiger partial charge in [0, 0.05) is 22.9 Å². The van der Waals surface area contributed by atoms with Crippen molar-refractivity contribution in [3.05, 3.63) is 48.8 Å². The van der Waals surface area contributed by atoms with E-state index in [1.54, 1.807) is 12.1 Å². The van der Waals surface area contributed by atoms with E-state index in [4.69, 9.17) is 0 Å². The van der Waals surface area contributed by atoms with Crippen LogP contribution in [0.2, 0.25) is 0 Å². The van der Waals surface area contributed by atoms with Gasteiger partial charge in [0.05, 0.1) is 5.69 Å². The summed E-state index contributed by atoms with van der Waals surface area (Å²) >= 11 is 1.89. The lowest BCUT2D eigenvalue weighted by atomic mass is 10.2. The number of benzene rings is 1. The summed E-state index contributed by atoms with van der Waals surface area (Å²) in [5.41, 5.74) is 2.87. The fourth-order valence-electron chi connectivity index (χ4n) is 2.24.